The van der Waals surface area contributed by atoms with Gasteiger partial charge in [-0.3, -0.25) is 0 Å². The zero-order valence-corrected chi connectivity index (χ0v) is 10.7. The van der Waals surface area contributed by atoms with Crippen molar-refractivity contribution in [2.24, 2.45) is 5.92 Å². The van der Waals surface area contributed by atoms with Crippen LogP contribution in [0.1, 0.15) is 32.8 Å². The summed E-state index contributed by atoms with van der Waals surface area (Å²) in [6.45, 7) is 6.23. The van der Waals surface area contributed by atoms with E-state index in [0.29, 0.717) is 5.92 Å². The first-order valence-electron chi connectivity index (χ1n) is 6.49. The number of para-hydroxylation sites is 1. The molecule has 0 amide bonds. The lowest BCUT2D eigenvalue weighted by Gasteiger charge is -2.14. The van der Waals surface area contributed by atoms with Gasteiger partial charge in [0.15, 0.2) is 0 Å². The highest BCUT2D eigenvalue weighted by Gasteiger charge is 2.64. The van der Waals surface area contributed by atoms with Crippen LogP contribution >= 0.6 is 0 Å². The van der Waals surface area contributed by atoms with E-state index in [4.69, 9.17) is 4.74 Å². The summed E-state index contributed by atoms with van der Waals surface area (Å²) in [6, 6.07) is 8.46. The standard InChI is InChI=1S/C14H12O.C2H6/c1-9-6-7-13-14(8-11(9)14)10-4-2-3-5-12(10)15-13;1-2/h2-7,11H,8H2,1H3;1-2H3. The van der Waals surface area contributed by atoms with Crippen molar-refractivity contribution in [1.29, 1.82) is 0 Å². The Morgan fingerprint density at radius 3 is 2.76 bits per heavy atom. The van der Waals surface area contributed by atoms with Crippen LogP contribution in [-0.2, 0) is 5.41 Å². The Kier molecular flexibility index (Phi) is 2.19. The van der Waals surface area contributed by atoms with Crippen molar-refractivity contribution in [2.75, 3.05) is 0 Å². The van der Waals surface area contributed by atoms with Gasteiger partial charge in [0.1, 0.15) is 11.5 Å². The molecular weight excluding hydrogens is 208 g/mol. The number of fused-ring (bicyclic) bond motifs is 1. The molecule has 1 aromatic carbocycles. The van der Waals surface area contributed by atoms with Crippen LogP contribution < -0.4 is 4.74 Å². The molecule has 2 unspecified atom stereocenters. The third-order valence-electron chi connectivity index (χ3n) is 4.04. The summed E-state index contributed by atoms with van der Waals surface area (Å²) in [6.07, 6.45) is 5.59. The number of hydrogen-bond donors (Lipinski definition) is 0. The van der Waals surface area contributed by atoms with Crippen LogP contribution in [0.3, 0.4) is 0 Å². The molecule has 0 bridgehead atoms. The van der Waals surface area contributed by atoms with Gasteiger partial charge < -0.3 is 4.74 Å². The second-order valence-corrected chi connectivity index (χ2v) is 4.77. The zero-order valence-electron chi connectivity index (χ0n) is 10.7. The molecule has 1 heterocycles. The summed E-state index contributed by atoms with van der Waals surface area (Å²) in [7, 11) is 0. The van der Waals surface area contributed by atoms with Crippen LogP contribution in [0.4, 0.5) is 0 Å². The van der Waals surface area contributed by atoms with Crippen molar-refractivity contribution < 1.29 is 4.74 Å². The third-order valence-corrected chi connectivity index (χ3v) is 4.04. The number of hydrogen-bond acceptors (Lipinski definition) is 1. The molecule has 3 aliphatic rings. The monoisotopic (exact) mass is 226 g/mol. The van der Waals surface area contributed by atoms with E-state index in [0.717, 1.165) is 5.75 Å². The average Bonchev–Trinajstić information content (AvgIpc) is 3.06. The maximum Gasteiger partial charge on any atom is 0.131 e. The van der Waals surface area contributed by atoms with Gasteiger partial charge in [-0.1, -0.05) is 43.7 Å². The quantitative estimate of drug-likeness (QED) is 0.644. The van der Waals surface area contributed by atoms with E-state index in [9.17, 15) is 0 Å². The fourth-order valence-electron chi connectivity index (χ4n) is 3.16. The smallest absolute Gasteiger partial charge is 0.131 e. The van der Waals surface area contributed by atoms with Crippen molar-refractivity contribution in [3.63, 3.8) is 0 Å². The topological polar surface area (TPSA) is 9.23 Å². The van der Waals surface area contributed by atoms with Crippen LogP contribution in [0.25, 0.3) is 0 Å². The summed E-state index contributed by atoms with van der Waals surface area (Å²) in [4.78, 5) is 0. The molecule has 0 saturated heterocycles. The molecule has 1 nitrogen and oxygen atoms in total. The lowest BCUT2D eigenvalue weighted by molar-refractivity contribution is 0.415. The lowest BCUT2D eigenvalue weighted by atomic mass is 9.87. The van der Waals surface area contributed by atoms with Gasteiger partial charge in [-0.15, -0.1) is 0 Å². The fourth-order valence-corrected chi connectivity index (χ4v) is 3.16. The molecule has 2 aliphatic carbocycles. The summed E-state index contributed by atoms with van der Waals surface area (Å²) < 4.78 is 5.92. The van der Waals surface area contributed by atoms with Crippen LogP contribution in [0.15, 0.2) is 47.7 Å². The Balaban J connectivity index is 0.000000431. The summed E-state index contributed by atoms with van der Waals surface area (Å²) in [5.74, 6) is 2.93. The molecule has 1 aromatic rings. The number of allylic oxidation sites excluding steroid dienone is 4. The summed E-state index contributed by atoms with van der Waals surface area (Å²) in [5.41, 5.74) is 3.13. The van der Waals surface area contributed by atoms with Gasteiger partial charge in [0.25, 0.3) is 0 Å². The van der Waals surface area contributed by atoms with Crippen molar-refractivity contribution >= 4 is 0 Å². The SMILES string of the molecule is CC.CC1=CC=C2Oc3ccccc3C23CC13. The Bertz CT molecular complexity index is 524. The number of benzene rings is 1. The first-order valence-corrected chi connectivity index (χ1v) is 6.49. The predicted octanol–water partition coefficient (Wildman–Crippen LogP) is 4.21. The van der Waals surface area contributed by atoms with Gasteiger partial charge in [0.05, 0.1) is 5.41 Å². The maximum absolute atomic E-state index is 5.92. The van der Waals surface area contributed by atoms with Gasteiger partial charge >= 0.3 is 0 Å². The van der Waals surface area contributed by atoms with Gasteiger partial charge in [0, 0.05) is 5.56 Å². The molecule has 88 valence electrons. The second-order valence-electron chi connectivity index (χ2n) is 4.77. The minimum absolute atomic E-state index is 0.232. The highest BCUT2D eigenvalue weighted by molar-refractivity contribution is 5.61. The van der Waals surface area contributed by atoms with E-state index in [2.05, 4.69) is 37.3 Å². The lowest BCUT2D eigenvalue weighted by Crippen LogP contribution is -2.12. The minimum Gasteiger partial charge on any atom is -0.460 e. The van der Waals surface area contributed by atoms with E-state index in [-0.39, 0.29) is 5.41 Å². The van der Waals surface area contributed by atoms with E-state index in [1.54, 1.807) is 0 Å². The predicted molar refractivity (Wildman–Crippen MR) is 70.0 cm³/mol. The Morgan fingerprint density at radius 1 is 1.18 bits per heavy atom. The van der Waals surface area contributed by atoms with Gasteiger partial charge in [-0.25, -0.2) is 0 Å². The van der Waals surface area contributed by atoms with E-state index in [1.807, 2.05) is 19.9 Å². The van der Waals surface area contributed by atoms with Crippen LogP contribution in [-0.4, -0.2) is 0 Å². The van der Waals surface area contributed by atoms with E-state index in [1.165, 1.54) is 23.3 Å². The number of rotatable bonds is 0. The molecule has 1 spiro atoms. The van der Waals surface area contributed by atoms with E-state index >= 15 is 0 Å². The van der Waals surface area contributed by atoms with Gasteiger partial charge in [0.2, 0.25) is 0 Å². The Hall–Kier alpha value is -1.50. The molecule has 1 saturated carbocycles. The van der Waals surface area contributed by atoms with Crippen molar-refractivity contribution in [2.45, 2.75) is 32.6 Å². The molecule has 0 aromatic heterocycles. The van der Waals surface area contributed by atoms with Crippen LogP contribution in [0.5, 0.6) is 5.75 Å². The molecular formula is C16H18O. The molecule has 0 radical (unpaired) electrons. The van der Waals surface area contributed by atoms with Crippen molar-refractivity contribution in [1.82, 2.24) is 0 Å². The normalized spacial score (nSPS) is 30.6. The van der Waals surface area contributed by atoms with Crippen molar-refractivity contribution in [3.8, 4) is 5.75 Å². The highest BCUT2D eigenvalue weighted by Crippen LogP contribution is 2.68. The first-order chi connectivity index (χ1) is 8.32. The van der Waals surface area contributed by atoms with Crippen LogP contribution in [0, 0.1) is 5.92 Å². The average molecular weight is 226 g/mol. The van der Waals surface area contributed by atoms with Crippen molar-refractivity contribution in [3.05, 3.63) is 53.3 Å². The minimum atomic E-state index is 0.232. The van der Waals surface area contributed by atoms with Gasteiger partial charge in [-0.05, 0) is 31.4 Å². The van der Waals surface area contributed by atoms with Gasteiger partial charge in [-0.2, -0.15) is 0 Å². The maximum atomic E-state index is 5.92. The molecule has 17 heavy (non-hydrogen) atoms. The third kappa shape index (κ3) is 1.20. The highest BCUT2D eigenvalue weighted by atomic mass is 16.5. The molecule has 1 fully saturated rings. The first kappa shape index (κ1) is 10.6. The number of ether oxygens (including phenoxy) is 1. The largest absolute Gasteiger partial charge is 0.460 e. The molecule has 1 aliphatic heterocycles. The second kappa shape index (κ2) is 3.49. The van der Waals surface area contributed by atoms with Crippen LogP contribution in [0.2, 0.25) is 0 Å². The zero-order chi connectivity index (χ0) is 12.0. The Morgan fingerprint density at radius 2 is 1.94 bits per heavy atom. The summed E-state index contributed by atoms with van der Waals surface area (Å²) >= 11 is 0. The fraction of sp³-hybridized carbons (Fsp3) is 0.375. The molecule has 2 atom stereocenters. The molecule has 0 N–H and O–H groups in total. The van der Waals surface area contributed by atoms with E-state index < -0.39 is 0 Å². The molecule has 4 rings (SSSR count). The Labute approximate surface area is 103 Å². The summed E-state index contributed by atoms with van der Waals surface area (Å²) in [5, 5.41) is 0. The molecule has 1 heteroatoms.